The molecule has 1 nitrogen and oxygen atoms in total. The van der Waals surface area contributed by atoms with Crippen molar-refractivity contribution in [1.29, 1.82) is 0 Å². The van der Waals surface area contributed by atoms with Crippen LogP contribution in [0.25, 0.3) is 0 Å². The molecule has 1 unspecified atom stereocenters. The number of ketones is 1. The first-order valence-corrected chi connectivity index (χ1v) is 5.36. The van der Waals surface area contributed by atoms with Crippen LogP contribution in [0.3, 0.4) is 0 Å². The Morgan fingerprint density at radius 3 is 2.36 bits per heavy atom. The highest BCUT2D eigenvalue weighted by Crippen LogP contribution is 2.64. The van der Waals surface area contributed by atoms with Gasteiger partial charge in [-0.15, -0.1) is 0 Å². The van der Waals surface area contributed by atoms with Crippen LogP contribution in [0.15, 0.2) is 0 Å². The normalized spacial score (nSPS) is 40.0. The fourth-order valence-corrected chi connectivity index (χ4v) is 3.25. The average molecular weight is 217 g/mol. The van der Waals surface area contributed by atoms with Gasteiger partial charge in [0.25, 0.3) is 0 Å². The van der Waals surface area contributed by atoms with Crippen LogP contribution >= 0.6 is 15.9 Å². The second kappa shape index (κ2) is 2.09. The van der Waals surface area contributed by atoms with E-state index in [0.717, 1.165) is 24.6 Å². The van der Waals surface area contributed by atoms with Crippen molar-refractivity contribution in [1.82, 2.24) is 0 Å². The quantitative estimate of drug-likeness (QED) is 0.617. The molecule has 11 heavy (non-hydrogen) atoms. The zero-order chi connectivity index (χ0) is 8.11. The third-order valence-electron chi connectivity index (χ3n) is 3.74. The molecular weight excluding hydrogens is 204 g/mol. The summed E-state index contributed by atoms with van der Waals surface area (Å²) in [5.74, 6) is 0.519. The molecule has 62 valence electrons. The molecule has 2 fully saturated rings. The van der Waals surface area contributed by atoms with E-state index in [0.29, 0.717) is 11.2 Å². The fourth-order valence-electron chi connectivity index (χ4n) is 2.51. The topological polar surface area (TPSA) is 17.1 Å². The first kappa shape index (κ1) is 7.78. The molecule has 2 saturated carbocycles. The molecule has 1 atom stereocenters. The minimum absolute atomic E-state index is 0.122. The van der Waals surface area contributed by atoms with Crippen molar-refractivity contribution >= 4 is 21.7 Å². The molecule has 0 aromatic carbocycles. The SMILES string of the molecule is CC1(CBr)CC(=O)C12CCC2. The zero-order valence-electron chi connectivity index (χ0n) is 6.82. The Bertz CT molecular complexity index is 208. The molecular formula is C9H13BrO. The maximum atomic E-state index is 11.4. The van der Waals surface area contributed by atoms with E-state index in [9.17, 15) is 4.79 Å². The summed E-state index contributed by atoms with van der Waals surface area (Å²) in [6.45, 7) is 2.24. The molecule has 0 aliphatic heterocycles. The molecule has 2 rings (SSSR count). The van der Waals surface area contributed by atoms with Gasteiger partial charge in [-0.1, -0.05) is 29.3 Å². The van der Waals surface area contributed by atoms with Gasteiger partial charge >= 0.3 is 0 Å². The number of rotatable bonds is 1. The van der Waals surface area contributed by atoms with E-state index in [1.54, 1.807) is 0 Å². The molecule has 0 saturated heterocycles. The molecule has 2 aliphatic rings. The summed E-state index contributed by atoms with van der Waals surface area (Å²) in [4.78, 5) is 11.4. The lowest BCUT2D eigenvalue weighted by atomic mass is 9.42. The maximum Gasteiger partial charge on any atom is 0.140 e. The highest BCUT2D eigenvalue weighted by molar-refractivity contribution is 9.09. The van der Waals surface area contributed by atoms with Gasteiger partial charge in [0, 0.05) is 17.2 Å². The minimum Gasteiger partial charge on any atom is -0.299 e. The van der Waals surface area contributed by atoms with Crippen molar-refractivity contribution in [3.8, 4) is 0 Å². The number of alkyl halides is 1. The van der Waals surface area contributed by atoms with Crippen LogP contribution in [-0.2, 0) is 4.79 Å². The number of halogens is 1. The monoisotopic (exact) mass is 216 g/mol. The second-order valence-electron chi connectivity index (χ2n) is 4.23. The smallest absolute Gasteiger partial charge is 0.140 e. The largest absolute Gasteiger partial charge is 0.299 e. The van der Waals surface area contributed by atoms with Crippen molar-refractivity contribution in [2.45, 2.75) is 32.6 Å². The Balaban J connectivity index is 2.22. The van der Waals surface area contributed by atoms with Crippen LogP contribution in [0.2, 0.25) is 0 Å². The van der Waals surface area contributed by atoms with E-state index in [1.165, 1.54) is 6.42 Å². The van der Waals surface area contributed by atoms with Crippen molar-refractivity contribution in [3.63, 3.8) is 0 Å². The summed E-state index contributed by atoms with van der Waals surface area (Å²) in [5, 5.41) is 0.992. The molecule has 0 N–H and O–H groups in total. The molecule has 0 radical (unpaired) electrons. The van der Waals surface area contributed by atoms with Crippen LogP contribution in [0.4, 0.5) is 0 Å². The van der Waals surface area contributed by atoms with Crippen molar-refractivity contribution in [2.24, 2.45) is 10.8 Å². The number of carbonyl (C=O) groups excluding carboxylic acids is 1. The van der Waals surface area contributed by atoms with Gasteiger partial charge in [-0.25, -0.2) is 0 Å². The summed E-state index contributed by atoms with van der Waals surface area (Å²) in [6, 6.07) is 0. The standard InChI is InChI=1S/C9H13BrO/c1-8(6-10)5-7(11)9(8)3-2-4-9/h2-6H2,1H3. The lowest BCUT2D eigenvalue weighted by Crippen LogP contribution is -2.62. The van der Waals surface area contributed by atoms with Crippen LogP contribution in [0.5, 0.6) is 0 Å². The summed E-state index contributed by atoms with van der Waals surface area (Å²) >= 11 is 3.51. The molecule has 0 aromatic heterocycles. The van der Waals surface area contributed by atoms with Crippen molar-refractivity contribution in [3.05, 3.63) is 0 Å². The van der Waals surface area contributed by atoms with Crippen molar-refractivity contribution in [2.75, 3.05) is 5.33 Å². The highest BCUT2D eigenvalue weighted by atomic mass is 79.9. The van der Waals surface area contributed by atoms with E-state index >= 15 is 0 Å². The maximum absolute atomic E-state index is 11.4. The lowest BCUT2D eigenvalue weighted by molar-refractivity contribution is -0.168. The first-order valence-electron chi connectivity index (χ1n) is 4.24. The van der Waals surface area contributed by atoms with E-state index in [4.69, 9.17) is 0 Å². The Morgan fingerprint density at radius 1 is 1.55 bits per heavy atom. The molecule has 0 amide bonds. The number of hydrogen-bond donors (Lipinski definition) is 0. The summed E-state index contributed by atoms with van der Waals surface area (Å²) < 4.78 is 0. The highest BCUT2D eigenvalue weighted by Gasteiger charge is 2.64. The molecule has 0 heterocycles. The van der Waals surface area contributed by atoms with Crippen LogP contribution in [0.1, 0.15) is 32.6 Å². The van der Waals surface area contributed by atoms with Gasteiger partial charge in [0.15, 0.2) is 0 Å². The summed E-state index contributed by atoms with van der Waals surface area (Å²) in [6.07, 6.45) is 4.36. The van der Waals surface area contributed by atoms with Crippen LogP contribution in [0, 0.1) is 10.8 Å². The average Bonchev–Trinajstić information content (AvgIpc) is 1.83. The Kier molecular flexibility index (Phi) is 1.48. The van der Waals surface area contributed by atoms with E-state index in [1.807, 2.05) is 0 Å². The summed E-state index contributed by atoms with van der Waals surface area (Å²) in [5.41, 5.74) is 0.416. The molecule has 1 spiro atoms. The minimum atomic E-state index is 0.122. The van der Waals surface area contributed by atoms with Crippen molar-refractivity contribution < 1.29 is 4.79 Å². The van der Waals surface area contributed by atoms with E-state index in [2.05, 4.69) is 22.9 Å². The Hall–Kier alpha value is 0.150. The Morgan fingerprint density at radius 2 is 2.18 bits per heavy atom. The van der Waals surface area contributed by atoms with E-state index < -0.39 is 0 Å². The third kappa shape index (κ3) is 0.695. The van der Waals surface area contributed by atoms with Gasteiger partial charge in [-0.3, -0.25) is 4.79 Å². The second-order valence-corrected chi connectivity index (χ2v) is 4.79. The Labute approximate surface area is 75.7 Å². The number of carbonyl (C=O) groups is 1. The molecule has 0 bridgehead atoms. The van der Waals surface area contributed by atoms with Gasteiger partial charge in [-0.2, -0.15) is 0 Å². The van der Waals surface area contributed by atoms with Gasteiger partial charge in [0.1, 0.15) is 5.78 Å². The zero-order valence-corrected chi connectivity index (χ0v) is 8.41. The van der Waals surface area contributed by atoms with Crippen LogP contribution < -0.4 is 0 Å². The van der Waals surface area contributed by atoms with Crippen LogP contribution in [-0.4, -0.2) is 11.1 Å². The number of Topliss-reactive ketones (excluding diaryl/α,β-unsaturated/α-hetero) is 1. The van der Waals surface area contributed by atoms with Gasteiger partial charge in [0.05, 0.1) is 0 Å². The van der Waals surface area contributed by atoms with E-state index in [-0.39, 0.29) is 5.41 Å². The van der Waals surface area contributed by atoms with Gasteiger partial charge < -0.3 is 0 Å². The summed E-state index contributed by atoms with van der Waals surface area (Å²) in [7, 11) is 0. The predicted octanol–water partition coefficient (Wildman–Crippen LogP) is 2.53. The predicted molar refractivity (Wildman–Crippen MR) is 47.8 cm³/mol. The molecule has 2 aliphatic carbocycles. The van der Waals surface area contributed by atoms with Gasteiger partial charge in [-0.05, 0) is 18.3 Å². The lowest BCUT2D eigenvalue weighted by Gasteiger charge is -2.61. The number of hydrogen-bond acceptors (Lipinski definition) is 1. The van der Waals surface area contributed by atoms with Gasteiger partial charge in [0.2, 0.25) is 0 Å². The third-order valence-corrected chi connectivity index (χ3v) is 4.98. The first-order chi connectivity index (χ1) is 5.15. The molecule has 0 aromatic rings. The fraction of sp³-hybridized carbons (Fsp3) is 0.889. The molecule has 2 heteroatoms.